The number of anilines is 1. The molecule has 3 rings (SSSR count). The van der Waals surface area contributed by atoms with Gasteiger partial charge in [-0.1, -0.05) is 18.2 Å². The summed E-state index contributed by atoms with van der Waals surface area (Å²) in [7, 11) is 1.37. The molecule has 1 saturated heterocycles. The van der Waals surface area contributed by atoms with Gasteiger partial charge in [0.05, 0.1) is 7.11 Å². The minimum absolute atomic E-state index is 0.0378. The third-order valence-corrected chi connectivity index (χ3v) is 5.70. The zero-order valence-electron chi connectivity index (χ0n) is 17.7. The molecule has 2 heterocycles. The number of carbonyl (C=O) groups excluding carboxylic acids is 2. The Balaban J connectivity index is 1.92. The number of aryl methyl sites for hydroxylation is 1. The Labute approximate surface area is 167 Å². The zero-order chi connectivity index (χ0) is 20.5. The van der Waals surface area contributed by atoms with E-state index in [-0.39, 0.29) is 6.04 Å². The third kappa shape index (κ3) is 3.96. The van der Waals surface area contributed by atoms with E-state index in [1.807, 2.05) is 20.8 Å². The second-order valence-corrected chi connectivity index (χ2v) is 8.99. The highest BCUT2D eigenvalue weighted by Crippen LogP contribution is 2.38. The van der Waals surface area contributed by atoms with E-state index in [1.165, 1.54) is 18.4 Å². The minimum atomic E-state index is -1.04. The van der Waals surface area contributed by atoms with Crippen molar-refractivity contribution in [2.45, 2.75) is 70.6 Å². The molecule has 2 atom stereocenters. The molecule has 0 aliphatic carbocycles. The number of nitrogens with zero attached hydrogens (tertiary/aromatic N) is 2. The zero-order valence-corrected chi connectivity index (χ0v) is 17.7. The van der Waals surface area contributed by atoms with Gasteiger partial charge in [0, 0.05) is 31.2 Å². The van der Waals surface area contributed by atoms with Crippen molar-refractivity contribution < 1.29 is 19.1 Å². The van der Waals surface area contributed by atoms with Gasteiger partial charge in [0.25, 0.3) is 0 Å². The predicted octanol–water partition coefficient (Wildman–Crippen LogP) is 3.77. The van der Waals surface area contributed by atoms with Crippen LogP contribution < -0.4 is 4.90 Å². The number of methoxy groups -OCH3 is 1. The smallest absolute Gasteiger partial charge is 0.411 e. The number of amides is 1. The molecule has 0 unspecified atom stereocenters. The first-order valence-electron chi connectivity index (χ1n) is 10.1. The standard InChI is InChI=1S/C22H32N2O4/c1-21(2,3)28-20(26)24-15-17(14-22(24,4)19(25)27-5)23-13-9-8-11-16-10-6-7-12-18(16)23/h6-7,10,12,17H,8-9,11,13-15H2,1-5H3/t17-,22-/m0/s1. The van der Waals surface area contributed by atoms with Gasteiger partial charge in [-0.25, -0.2) is 9.59 Å². The van der Waals surface area contributed by atoms with Gasteiger partial charge in [-0.05, 0) is 58.6 Å². The summed E-state index contributed by atoms with van der Waals surface area (Å²) in [5.74, 6) is -0.399. The number of hydrogen-bond acceptors (Lipinski definition) is 5. The van der Waals surface area contributed by atoms with Gasteiger partial charge in [-0.2, -0.15) is 0 Å². The molecule has 0 saturated carbocycles. The van der Waals surface area contributed by atoms with Gasteiger partial charge in [0.15, 0.2) is 0 Å². The normalized spacial score (nSPS) is 25.1. The van der Waals surface area contributed by atoms with Crippen LogP contribution in [0.25, 0.3) is 0 Å². The maximum atomic E-state index is 12.9. The van der Waals surface area contributed by atoms with Crippen LogP contribution in [0.2, 0.25) is 0 Å². The second kappa shape index (κ2) is 7.64. The molecule has 1 aromatic rings. The van der Waals surface area contributed by atoms with E-state index in [4.69, 9.17) is 9.47 Å². The maximum absolute atomic E-state index is 12.9. The van der Waals surface area contributed by atoms with E-state index in [0.29, 0.717) is 13.0 Å². The van der Waals surface area contributed by atoms with Crippen LogP contribution in [-0.2, 0) is 20.7 Å². The topological polar surface area (TPSA) is 59.1 Å². The number of esters is 1. The van der Waals surface area contributed by atoms with E-state index in [2.05, 4.69) is 29.2 Å². The minimum Gasteiger partial charge on any atom is -0.467 e. The Bertz CT molecular complexity index is 742. The lowest BCUT2D eigenvalue weighted by molar-refractivity contribution is -0.152. The van der Waals surface area contributed by atoms with Gasteiger partial charge in [-0.15, -0.1) is 0 Å². The fourth-order valence-electron chi connectivity index (χ4n) is 4.36. The molecule has 6 nitrogen and oxygen atoms in total. The first-order chi connectivity index (χ1) is 13.2. The van der Waals surface area contributed by atoms with Crippen molar-refractivity contribution in [3.63, 3.8) is 0 Å². The molecule has 28 heavy (non-hydrogen) atoms. The predicted molar refractivity (Wildman–Crippen MR) is 108 cm³/mol. The molecule has 0 radical (unpaired) electrons. The fraction of sp³-hybridized carbons (Fsp3) is 0.636. The molecule has 0 spiro atoms. The molecule has 1 aromatic carbocycles. The van der Waals surface area contributed by atoms with Crippen molar-refractivity contribution in [2.75, 3.05) is 25.1 Å². The van der Waals surface area contributed by atoms with Gasteiger partial charge in [-0.3, -0.25) is 4.90 Å². The van der Waals surface area contributed by atoms with E-state index in [9.17, 15) is 9.59 Å². The summed E-state index contributed by atoms with van der Waals surface area (Å²) in [6.45, 7) is 8.64. The Morgan fingerprint density at radius 1 is 1.18 bits per heavy atom. The summed E-state index contributed by atoms with van der Waals surface area (Å²) >= 11 is 0. The van der Waals surface area contributed by atoms with Crippen LogP contribution in [0.3, 0.4) is 0 Å². The lowest BCUT2D eigenvalue weighted by Gasteiger charge is -2.33. The number of likely N-dealkylation sites (tertiary alicyclic amines) is 1. The van der Waals surface area contributed by atoms with E-state index >= 15 is 0 Å². The van der Waals surface area contributed by atoms with E-state index in [0.717, 1.165) is 25.8 Å². The Hall–Kier alpha value is -2.24. The summed E-state index contributed by atoms with van der Waals surface area (Å²) in [5, 5.41) is 0. The average Bonchev–Trinajstić information content (AvgIpc) is 2.85. The lowest BCUT2D eigenvalue weighted by Crippen LogP contribution is -2.52. The summed E-state index contributed by atoms with van der Waals surface area (Å²) < 4.78 is 10.7. The summed E-state index contributed by atoms with van der Waals surface area (Å²) in [6, 6.07) is 8.48. The number of carbonyl (C=O) groups is 2. The number of ether oxygens (including phenoxy) is 2. The molecular weight excluding hydrogens is 356 g/mol. The summed E-state index contributed by atoms with van der Waals surface area (Å²) in [4.78, 5) is 29.5. The highest BCUT2D eigenvalue weighted by Gasteiger charge is 2.53. The van der Waals surface area contributed by atoms with Gasteiger partial charge < -0.3 is 14.4 Å². The Morgan fingerprint density at radius 3 is 2.57 bits per heavy atom. The van der Waals surface area contributed by atoms with Gasteiger partial charge in [0.1, 0.15) is 11.1 Å². The van der Waals surface area contributed by atoms with Crippen molar-refractivity contribution in [3.05, 3.63) is 29.8 Å². The van der Waals surface area contributed by atoms with Crippen LogP contribution in [0.5, 0.6) is 0 Å². The maximum Gasteiger partial charge on any atom is 0.411 e. The second-order valence-electron chi connectivity index (χ2n) is 8.99. The van der Waals surface area contributed by atoms with Crippen molar-refractivity contribution in [1.29, 1.82) is 0 Å². The first-order valence-corrected chi connectivity index (χ1v) is 10.1. The van der Waals surface area contributed by atoms with Crippen molar-refractivity contribution in [2.24, 2.45) is 0 Å². The highest BCUT2D eigenvalue weighted by molar-refractivity contribution is 5.86. The Morgan fingerprint density at radius 2 is 1.89 bits per heavy atom. The van der Waals surface area contributed by atoms with Crippen LogP contribution in [0.1, 0.15) is 52.5 Å². The van der Waals surface area contributed by atoms with Gasteiger partial charge in [0.2, 0.25) is 0 Å². The van der Waals surface area contributed by atoms with E-state index in [1.54, 1.807) is 11.8 Å². The van der Waals surface area contributed by atoms with Crippen LogP contribution in [-0.4, -0.2) is 54.3 Å². The molecule has 0 aromatic heterocycles. The molecule has 0 N–H and O–H groups in total. The quantitative estimate of drug-likeness (QED) is 0.722. The molecule has 6 heteroatoms. The number of rotatable bonds is 2. The number of benzene rings is 1. The monoisotopic (exact) mass is 388 g/mol. The average molecular weight is 389 g/mol. The first kappa shape index (κ1) is 20.5. The molecule has 154 valence electrons. The van der Waals surface area contributed by atoms with Crippen LogP contribution in [0.15, 0.2) is 24.3 Å². The largest absolute Gasteiger partial charge is 0.467 e. The lowest BCUT2D eigenvalue weighted by atomic mass is 9.96. The number of para-hydroxylation sites is 1. The number of hydrogen-bond donors (Lipinski definition) is 0. The summed E-state index contributed by atoms with van der Waals surface area (Å²) in [6.07, 6.45) is 3.35. The SMILES string of the molecule is COC(=O)[C@]1(C)C[C@H](N2CCCCc3ccccc32)CN1C(=O)OC(C)(C)C. The fourth-order valence-corrected chi connectivity index (χ4v) is 4.36. The van der Waals surface area contributed by atoms with E-state index < -0.39 is 23.2 Å². The van der Waals surface area contributed by atoms with Crippen molar-refractivity contribution in [3.8, 4) is 0 Å². The molecule has 2 aliphatic heterocycles. The molecule has 1 fully saturated rings. The van der Waals surface area contributed by atoms with Crippen LogP contribution >= 0.6 is 0 Å². The van der Waals surface area contributed by atoms with Crippen molar-refractivity contribution in [1.82, 2.24) is 4.90 Å². The molecule has 2 aliphatic rings. The molecular formula is C22H32N2O4. The summed E-state index contributed by atoms with van der Waals surface area (Å²) in [5.41, 5.74) is 0.878. The number of fused-ring (bicyclic) bond motifs is 1. The van der Waals surface area contributed by atoms with Gasteiger partial charge >= 0.3 is 12.1 Å². The Kier molecular flexibility index (Phi) is 5.60. The van der Waals surface area contributed by atoms with Crippen molar-refractivity contribution >= 4 is 17.7 Å². The molecule has 1 amide bonds. The van der Waals surface area contributed by atoms with Crippen LogP contribution in [0.4, 0.5) is 10.5 Å². The third-order valence-electron chi connectivity index (χ3n) is 5.70. The van der Waals surface area contributed by atoms with Crippen LogP contribution in [0, 0.1) is 0 Å². The molecule has 0 bridgehead atoms. The highest BCUT2D eigenvalue weighted by atomic mass is 16.6.